The van der Waals surface area contributed by atoms with Gasteiger partial charge in [0, 0.05) is 10.4 Å². The van der Waals surface area contributed by atoms with Crippen LogP contribution in [-0.4, -0.2) is 14.7 Å². The molecule has 0 bridgehead atoms. The molecular weight excluding hydrogens is 380 g/mol. The van der Waals surface area contributed by atoms with Crippen molar-refractivity contribution in [2.45, 2.75) is 25.8 Å². The van der Waals surface area contributed by atoms with Crippen molar-refractivity contribution >= 4 is 32.9 Å². The number of aliphatic hydroxyl groups excluding tert-OH is 1. The number of benzene rings is 2. The van der Waals surface area contributed by atoms with Crippen LogP contribution in [0.5, 0.6) is 0 Å². The van der Waals surface area contributed by atoms with E-state index in [1.165, 1.54) is 10.4 Å². The molecule has 4 nitrogen and oxygen atoms in total. The summed E-state index contributed by atoms with van der Waals surface area (Å²) in [5, 5.41) is 12.0. The molecule has 2 aromatic heterocycles. The number of hydrogen-bond donors (Lipinski definition) is 1. The Labute approximate surface area is 171 Å². The lowest BCUT2D eigenvalue weighted by Gasteiger charge is -2.25. The summed E-state index contributed by atoms with van der Waals surface area (Å²) < 4.78 is 2.12. The average Bonchev–Trinajstić information content (AvgIpc) is 3.34. The van der Waals surface area contributed by atoms with Crippen LogP contribution in [0.3, 0.4) is 0 Å². The summed E-state index contributed by atoms with van der Waals surface area (Å²) in [5.41, 5.74) is 4.42. The molecule has 0 fully saturated rings. The molecule has 0 saturated carbocycles. The summed E-state index contributed by atoms with van der Waals surface area (Å²) in [6.07, 6.45) is 3.11. The van der Waals surface area contributed by atoms with E-state index in [1.54, 1.807) is 11.3 Å². The Kier molecular flexibility index (Phi) is 3.56. The van der Waals surface area contributed by atoms with Gasteiger partial charge >= 0.3 is 0 Å². The SMILES string of the molecule is O=c1nc2n(c3sc4c(c13)CCC4)Cc1ccccc1/C2=C(\O)c1ccccc1. The first-order valence-corrected chi connectivity index (χ1v) is 10.7. The van der Waals surface area contributed by atoms with Crippen molar-refractivity contribution in [2.75, 3.05) is 0 Å². The Balaban J connectivity index is 1.72. The van der Waals surface area contributed by atoms with Crippen molar-refractivity contribution in [3.05, 3.63) is 97.9 Å². The largest absolute Gasteiger partial charge is 0.507 e. The van der Waals surface area contributed by atoms with Gasteiger partial charge in [-0.3, -0.25) is 4.79 Å². The van der Waals surface area contributed by atoms with Gasteiger partial charge in [0.05, 0.1) is 17.5 Å². The van der Waals surface area contributed by atoms with Gasteiger partial charge in [-0.15, -0.1) is 11.3 Å². The molecule has 1 aliphatic carbocycles. The fraction of sp³-hybridized carbons (Fsp3) is 0.167. The van der Waals surface area contributed by atoms with E-state index < -0.39 is 0 Å². The number of aliphatic hydroxyl groups is 1. The second-order valence-electron chi connectivity index (χ2n) is 7.61. The van der Waals surface area contributed by atoms with Gasteiger partial charge in [-0.05, 0) is 36.0 Å². The van der Waals surface area contributed by atoms with Crippen LogP contribution in [0.25, 0.3) is 21.5 Å². The van der Waals surface area contributed by atoms with Crippen LogP contribution in [0.1, 0.15) is 39.4 Å². The third-order valence-electron chi connectivity index (χ3n) is 5.95. The molecule has 2 aliphatic rings. The van der Waals surface area contributed by atoms with E-state index in [1.807, 2.05) is 48.5 Å². The Morgan fingerprint density at radius 2 is 1.83 bits per heavy atom. The zero-order chi connectivity index (χ0) is 19.5. The molecular formula is C24H18N2O2S. The van der Waals surface area contributed by atoms with E-state index in [0.29, 0.717) is 23.5 Å². The molecule has 4 aromatic rings. The highest BCUT2D eigenvalue weighted by atomic mass is 32.1. The average molecular weight is 398 g/mol. The molecule has 1 aliphatic heterocycles. The number of fused-ring (bicyclic) bond motifs is 6. The Morgan fingerprint density at radius 1 is 1.03 bits per heavy atom. The van der Waals surface area contributed by atoms with Gasteiger partial charge in [0.15, 0.2) is 0 Å². The molecule has 29 heavy (non-hydrogen) atoms. The molecule has 3 heterocycles. The second kappa shape index (κ2) is 6.16. The van der Waals surface area contributed by atoms with E-state index in [2.05, 4.69) is 15.6 Å². The van der Waals surface area contributed by atoms with Crippen molar-refractivity contribution in [1.82, 2.24) is 9.55 Å². The quantitative estimate of drug-likeness (QED) is 0.413. The number of hydrogen-bond acceptors (Lipinski definition) is 4. The van der Waals surface area contributed by atoms with Gasteiger partial charge < -0.3 is 9.67 Å². The van der Waals surface area contributed by atoms with Crippen molar-refractivity contribution in [3.8, 4) is 0 Å². The second-order valence-corrected chi connectivity index (χ2v) is 8.69. The number of rotatable bonds is 1. The molecule has 2 aromatic carbocycles. The summed E-state index contributed by atoms with van der Waals surface area (Å²) in [4.78, 5) is 19.9. The topological polar surface area (TPSA) is 55.1 Å². The molecule has 0 unspecified atom stereocenters. The first kappa shape index (κ1) is 16.7. The third kappa shape index (κ3) is 2.37. The Hall–Kier alpha value is -3.18. The van der Waals surface area contributed by atoms with Crippen molar-refractivity contribution < 1.29 is 5.11 Å². The summed E-state index contributed by atoms with van der Waals surface area (Å²) >= 11 is 1.72. The third-order valence-corrected chi connectivity index (χ3v) is 7.26. The maximum atomic E-state index is 13.1. The Bertz CT molecular complexity index is 1380. The maximum Gasteiger partial charge on any atom is 0.282 e. The zero-order valence-corrected chi connectivity index (χ0v) is 16.5. The van der Waals surface area contributed by atoms with E-state index in [9.17, 15) is 9.90 Å². The van der Waals surface area contributed by atoms with Gasteiger partial charge in [0.1, 0.15) is 16.4 Å². The minimum atomic E-state index is -0.177. The molecule has 0 amide bonds. The summed E-state index contributed by atoms with van der Waals surface area (Å²) in [7, 11) is 0. The van der Waals surface area contributed by atoms with Gasteiger partial charge in [-0.1, -0.05) is 54.6 Å². The number of aryl methyl sites for hydroxylation is 2. The lowest BCUT2D eigenvalue weighted by Crippen LogP contribution is -2.23. The van der Waals surface area contributed by atoms with Crippen molar-refractivity contribution in [1.29, 1.82) is 0 Å². The van der Waals surface area contributed by atoms with E-state index in [-0.39, 0.29) is 11.3 Å². The molecule has 5 heteroatoms. The predicted molar refractivity (Wildman–Crippen MR) is 116 cm³/mol. The van der Waals surface area contributed by atoms with Gasteiger partial charge in [0.25, 0.3) is 5.56 Å². The van der Waals surface area contributed by atoms with Crippen molar-refractivity contribution in [3.63, 3.8) is 0 Å². The number of nitrogens with zero attached hydrogens (tertiary/aromatic N) is 2. The Morgan fingerprint density at radius 3 is 2.69 bits per heavy atom. The van der Waals surface area contributed by atoms with Crippen LogP contribution in [0.15, 0.2) is 59.4 Å². The lowest BCUT2D eigenvalue weighted by molar-refractivity contribution is 0.512. The molecule has 6 rings (SSSR count). The predicted octanol–water partition coefficient (Wildman–Crippen LogP) is 4.78. The van der Waals surface area contributed by atoms with Crippen LogP contribution in [0.4, 0.5) is 0 Å². The van der Waals surface area contributed by atoms with Crippen LogP contribution >= 0.6 is 11.3 Å². The van der Waals surface area contributed by atoms with E-state index in [4.69, 9.17) is 0 Å². The molecule has 0 saturated heterocycles. The van der Waals surface area contributed by atoms with Crippen LogP contribution in [0.2, 0.25) is 0 Å². The number of aromatic nitrogens is 2. The van der Waals surface area contributed by atoms with Crippen molar-refractivity contribution in [2.24, 2.45) is 0 Å². The van der Waals surface area contributed by atoms with E-state index >= 15 is 0 Å². The molecule has 0 radical (unpaired) electrons. The van der Waals surface area contributed by atoms with E-state index in [0.717, 1.165) is 40.6 Å². The molecule has 1 N–H and O–H groups in total. The normalized spacial score (nSPS) is 16.4. The summed E-state index contributed by atoms with van der Waals surface area (Å²) in [6.45, 7) is 0.653. The van der Waals surface area contributed by atoms with Crippen LogP contribution in [0, 0.1) is 0 Å². The first-order chi connectivity index (χ1) is 14.2. The van der Waals surface area contributed by atoms with Gasteiger partial charge in [-0.25, -0.2) is 0 Å². The van der Waals surface area contributed by atoms with Crippen LogP contribution < -0.4 is 5.56 Å². The summed E-state index contributed by atoms with van der Waals surface area (Å²) in [6, 6.07) is 17.5. The maximum absolute atomic E-state index is 13.1. The highest BCUT2D eigenvalue weighted by Crippen LogP contribution is 2.41. The highest BCUT2D eigenvalue weighted by molar-refractivity contribution is 7.19. The minimum Gasteiger partial charge on any atom is -0.507 e. The van der Waals surface area contributed by atoms with Gasteiger partial charge in [0.2, 0.25) is 0 Å². The molecule has 0 atom stereocenters. The van der Waals surface area contributed by atoms with Gasteiger partial charge in [-0.2, -0.15) is 4.98 Å². The fourth-order valence-corrected chi connectivity index (χ4v) is 5.99. The monoisotopic (exact) mass is 398 g/mol. The molecule has 0 spiro atoms. The standard InChI is InChI=1S/C24H18N2O2S/c27-21(14-7-2-1-3-8-14)19-16-10-5-4-9-15(16)13-26-22(19)25-23(28)20-17-11-6-12-18(17)29-24(20)26/h1-5,7-10,27H,6,11-13H2/b21-19+. The smallest absolute Gasteiger partial charge is 0.282 e. The first-order valence-electron chi connectivity index (χ1n) is 9.85. The fourth-order valence-electron chi connectivity index (χ4n) is 4.61. The zero-order valence-electron chi connectivity index (χ0n) is 15.7. The lowest BCUT2D eigenvalue weighted by atomic mass is 9.92. The highest BCUT2D eigenvalue weighted by Gasteiger charge is 2.30. The van der Waals surface area contributed by atoms with Crippen LogP contribution in [-0.2, 0) is 19.4 Å². The molecule has 142 valence electrons. The summed E-state index contributed by atoms with van der Waals surface area (Å²) in [5.74, 6) is 0.712. The number of thiophene rings is 1. The minimum absolute atomic E-state index is 0.154.